The lowest BCUT2D eigenvalue weighted by Gasteiger charge is -2.60. The van der Waals surface area contributed by atoms with Gasteiger partial charge in [0.05, 0.1) is 0 Å². The molecular weight excluding hydrogens is 1870 g/mol. The van der Waals surface area contributed by atoms with Crippen LogP contribution in [0.15, 0.2) is 0 Å². The number of likely N-dealkylation sites (tertiary alicyclic amines) is 9. The first-order chi connectivity index (χ1) is 67.7. The Bertz CT molecular complexity index is 4670. The molecule has 0 bridgehead atoms. The van der Waals surface area contributed by atoms with Crippen molar-refractivity contribution in [2.24, 2.45) is 0 Å². The molecule has 0 saturated carbocycles. The van der Waals surface area contributed by atoms with Crippen molar-refractivity contribution in [3.05, 3.63) is 0 Å². The molecule has 2 N–H and O–H groups in total. The Morgan fingerprint density at radius 1 is 0.187 bits per heavy atom. The third-order valence-electron chi connectivity index (χ3n) is 42.4. The number of ether oxygens (including phenoxy) is 3. The van der Waals surface area contributed by atoms with E-state index in [1.54, 1.807) is 0 Å². The quantitative estimate of drug-likeness (QED) is 0.0764. The molecule has 11 saturated heterocycles. The number of anilines is 6. The first kappa shape index (κ1) is 120. The fraction of sp³-hybridized carbons (Fsp3) is 0.926. The highest BCUT2D eigenvalue weighted by Gasteiger charge is 2.59. The van der Waals surface area contributed by atoms with Gasteiger partial charge in [0.25, 0.3) is 0 Å². The van der Waals surface area contributed by atoms with Crippen LogP contribution in [0.2, 0.25) is 0 Å². The van der Waals surface area contributed by atoms with E-state index in [2.05, 4.69) is 452 Å². The fourth-order valence-corrected chi connectivity index (χ4v) is 33.0. The molecule has 0 atom stereocenters. The Labute approximate surface area is 915 Å². The zero-order valence-electron chi connectivity index (χ0n) is 106. The van der Waals surface area contributed by atoms with Gasteiger partial charge in [0.15, 0.2) is 0 Å². The summed E-state index contributed by atoms with van der Waals surface area (Å²) in [5, 5.41) is 8.41. The molecule has 11 aliphatic rings. The summed E-state index contributed by atoms with van der Waals surface area (Å²) in [5.41, 5.74) is -4.77. The smallest absolute Gasteiger partial charge is 0.323 e. The fourth-order valence-electron chi connectivity index (χ4n) is 33.0. The molecule has 0 spiro atoms. The first-order valence-electron chi connectivity index (χ1n) is 58.8. The second-order valence-electron chi connectivity index (χ2n) is 64.6. The summed E-state index contributed by atoms with van der Waals surface area (Å²) in [4.78, 5) is 94.8. The second kappa shape index (κ2) is 39.7. The molecule has 3 aromatic heterocycles. The average Bonchev–Trinajstić information content (AvgIpc) is 0.739. The monoisotopic (exact) mass is 2090 g/mol. The van der Waals surface area contributed by atoms with E-state index in [4.69, 9.17) is 59.1 Å². The van der Waals surface area contributed by atoms with Crippen LogP contribution in [0.1, 0.15) is 446 Å². The van der Waals surface area contributed by atoms with Crippen molar-refractivity contribution in [1.29, 1.82) is 0 Å². The molecule has 0 amide bonds. The lowest BCUT2D eigenvalue weighted by molar-refractivity contribution is -0.0583. The minimum absolute atomic E-state index is 0.0196. The van der Waals surface area contributed by atoms with Crippen LogP contribution in [0.5, 0.6) is 18.0 Å². The van der Waals surface area contributed by atoms with Crippen molar-refractivity contribution in [3.63, 3.8) is 0 Å². The predicted molar refractivity (Wildman–Crippen MR) is 625 cm³/mol. The summed E-state index contributed by atoms with van der Waals surface area (Å²) in [6.45, 7) is 109. The molecule has 29 heteroatoms. The van der Waals surface area contributed by atoms with Crippen LogP contribution in [0.3, 0.4) is 0 Å². The van der Waals surface area contributed by atoms with Gasteiger partial charge in [-0.25, -0.2) is 0 Å². The van der Waals surface area contributed by atoms with Gasteiger partial charge in [0.2, 0.25) is 35.7 Å². The zero-order chi connectivity index (χ0) is 112. The van der Waals surface area contributed by atoms with Gasteiger partial charge in [0, 0.05) is 235 Å². The molecule has 0 unspecified atom stereocenters. The molecule has 11 fully saturated rings. The highest BCUT2D eigenvalue weighted by Crippen LogP contribution is 2.54. The standard InChI is InChI=1S/C121H224N26O3/c1-100(2)58-80(59-101(3,4)131-100)143(92-123-95(129-98(126-92)149-89-76-118(37,38)140(52)119(39,40)77-89)146(84-66-108(17,18)135(47)109(19,20)67-84)85-68-110(21,22)136(48)111(23,24)69-85)56-54-142(91-122-94(128-97(125-91)148-88-74-116(33,34)139(51)117(35,36)75-88)145(82-62-104(9,10)133(45)105(11,12)63-82)83-64-106(13,14)134(46)107(15,16)65-83)55-57-144(81-60-102(5,6)132-103(7,8)61-81)93-124-96(130-99(127-93)150-90-78-120(41,42)141(53)121(43,44)79-90)147(86-70-112(25,26)137(49)113(27,28)71-86)87-72-114(29,30)138(50)115(31,32)73-87/h80-90,131-132H,54-79H2,1-53H3. The third kappa shape index (κ3) is 25.0. The van der Waals surface area contributed by atoms with Gasteiger partial charge in [-0.05, 0) is 471 Å². The minimum atomic E-state index is -0.324. The molecule has 0 aliphatic carbocycles. The topological polar surface area (TPSA) is 216 Å². The van der Waals surface area contributed by atoms with E-state index in [1.807, 2.05) is 0 Å². The molecule has 0 aromatic carbocycles. The maximum Gasteiger partial charge on any atom is 0.323 e. The van der Waals surface area contributed by atoms with Gasteiger partial charge in [-0.3, -0.25) is 44.1 Å². The van der Waals surface area contributed by atoms with Crippen LogP contribution in [-0.2, 0) is 0 Å². The highest BCUT2D eigenvalue weighted by molar-refractivity contribution is 5.50. The van der Waals surface area contributed by atoms with E-state index >= 15 is 0 Å². The molecule has 11 aliphatic heterocycles. The summed E-state index contributed by atoms with van der Waals surface area (Å²) in [6.07, 6.45) is 18.1. The Morgan fingerprint density at radius 3 is 0.507 bits per heavy atom. The molecule has 14 heterocycles. The maximum absolute atomic E-state index is 7.91. The van der Waals surface area contributed by atoms with Crippen molar-refractivity contribution in [1.82, 2.24) is 99.6 Å². The van der Waals surface area contributed by atoms with E-state index in [-0.39, 0.29) is 189 Å². The van der Waals surface area contributed by atoms with Crippen LogP contribution in [0.25, 0.3) is 0 Å². The van der Waals surface area contributed by atoms with Gasteiger partial charge in [0.1, 0.15) is 18.3 Å². The zero-order valence-corrected chi connectivity index (χ0v) is 106. The molecule has 29 nitrogen and oxygen atoms in total. The van der Waals surface area contributed by atoms with Crippen molar-refractivity contribution in [3.8, 4) is 18.0 Å². The van der Waals surface area contributed by atoms with E-state index in [1.165, 1.54) is 0 Å². The van der Waals surface area contributed by atoms with Gasteiger partial charge in [-0.15, -0.1) is 0 Å². The number of piperidine rings is 11. The number of hydrogen-bond acceptors (Lipinski definition) is 29. The van der Waals surface area contributed by atoms with Crippen LogP contribution in [0.4, 0.5) is 35.7 Å². The van der Waals surface area contributed by atoms with Crippen LogP contribution in [-0.4, -0.2) is 367 Å². The summed E-state index contributed by atoms with van der Waals surface area (Å²) in [6, 6.07) is 1.17. The van der Waals surface area contributed by atoms with Crippen molar-refractivity contribution < 1.29 is 14.2 Å². The van der Waals surface area contributed by atoms with E-state index in [9.17, 15) is 0 Å². The lowest BCUT2D eigenvalue weighted by Crippen LogP contribution is -2.67. The highest BCUT2D eigenvalue weighted by atomic mass is 16.5. The largest absolute Gasteiger partial charge is 0.460 e. The van der Waals surface area contributed by atoms with Gasteiger partial charge in [-0.2, -0.15) is 44.9 Å². The predicted octanol–water partition coefficient (Wildman–Crippen LogP) is 21.1. The SMILES string of the molecule is CN1C(C)(C)CC(Oc2nc(N(CCN(c3nc(OC4CC(C)(C)N(C)C(C)(C)C4)nc(N(C4CC(C)(C)N(C)C(C)(C)C4)C4CC(C)(C)N(C)C(C)(C)C4)n3)C3CC(C)(C)NC(C)(C)C3)CCN(c3nc(OC4CC(C)(C)N(C)C(C)(C)C4)nc(N(C4CC(C)(C)N(C)C(C)(C)C4)C4CC(C)(C)N(C)C(C)(C)C4)n3)C3CC(C)(C)NC(C)(C)C3)nc(N(C3CC(C)(C)N(C)C(C)(C)C3)C3CC(C)(C)N(C)C(C)(C)C3)n2)CC1(C)C. The van der Waals surface area contributed by atoms with Gasteiger partial charge in [-0.1, -0.05) is 0 Å². The number of rotatable bonds is 26. The molecular formula is C121H224N26O3. The van der Waals surface area contributed by atoms with Gasteiger partial charge < -0.3 is 54.2 Å². The van der Waals surface area contributed by atoms with E-state index in [0.717, 1.165) is 141 Å². The normalized spacial score (nSPS) is 28.9. The average molecular weight is 2090 g/mol. The molecule has 3 aromatic rings. The Kier molecular flexibility index (Phi) is 31.8. The molecule has 856 valence electrons. The van der Waals surface area contributed by atoms with Crippen molar-refractivity contribution in [2.45, 2.75) is 634 Å². The minimum Gasteiger partial charge on any atom is -0.460 e. The summed E-state index contributed by atoms with van der Waals surface area (Å²) >= 11 is 0. The number of nitrogens with one attached hydrogen (secondary N) is 2. The molecule has 14 rings (SSSR count). The first-order valence-corrected chi connectivity index (χ1v) is 58.8. The third-order valence-corrected chi connectivity index (χ3v) is 42.4. The van der Waals surface area contributed by atoms with Crippen LogP contribution >= 0.6 is 0 Å². The van der Waals surface area contributed by atoms with Crippen LogP contribution < -0.4 is 54.2 Å². The lowest BCUT2D eigenvalue weighted by atomic mass is 9.73. The Balaban J connectivity index is 1.07. The summed E-state index contributed by atoms with van der Waals surface area (Å²) in [7, 11) is 21.0. The van der Waals surface area contributed by atoms with Crippen molar-refractivity contribution in [2.75, 3.05) is 119 Å². The maximum atomic E-state index is 7.91. The summed E-state index contributed by atoms with van der Waals surface area (Å²) in [5.74, 6) is 3.88. The van der Waals surface area contributed by atoms with Gasteiger partial charge >= 0.3 is 18.0 Å². The van der Waals surface area contributed by atoms with Crippen molar-refractivity contribution >= 4 is 35.7 Å². The molecule has 0 radical (unpaired) electrons. The number of hydrogen-bond donors (Lipinski definition) is 2. The van der Waals surface area contributed by atoms with E-state index in [0.29, 0.717) is 79.9 Å². The number of aromatic nitrogens is 9. The number of nitrogens with zero attached hydrogens (tertiary/aromatic N) is 24. The van der Waals surface area contributed by atoms with E-state index < -0.39 is 0 Å². The summed E-state index contributed by atoms with van der Waals surface area (Å²) < 4.78 is 23.6. The molecule has 150 heavy (non-hydrogen) atoms. The Morgan fingerprint density at radius 2 is 0.333 bits per heavy atom. The van der Waals surface area contributed by atoms with Crippen LogP contribution in [0, 0.1) is 0 Å². The second-order valence-corrected chi connectivity index (χ2v) is 64.6. The Hall–Kier alpha value is -5.21.